The number of hydrogen-bond acceptors (Lipinski definition) is 0. The van der Waals surface area contributed by atoms with E-state index in [9.17, 15) is 0 Å². The van der Waals surface area contributed by atoms with Crippen LogP contribution in [-0.2, 0) is 19.5 Å². The van der Waals surface area contributed by atoms with Gasteiger partial charge in [0.15, 0.2) is 17.4 Å². The number of hydrogen-bond donors (Lipinski definition) is 0. The SMILES string of the molecule is O.O.O.[AlH3].[H-].[H-].[Mg+2].[Zn]. The Bertz CT molecular complexity index is 17.2. The van der Waals surface area contributed by atoms with Crippen LogP contribution in [0.3, 0.4) is 0 Å². The van der Waals surface area contributed by atoms with Gasteiger partial charge < -0.3 is 19.3 Å². The molecule has 6 heteroatoms. The van der Waals surface area contributed by atoms with E-state index in [-0.39, 0.29) is 79.2 Å². The van der Waals surface area contributed by atoms with Crippen LogP contribution in [0.15, 0.2) is 0 Å². The van der Waals surface area contributed by atoms with Crippen molar-refractivity contribution in [3.8, 4) is 0 Å². The molecule has 36 valence electrons. The van der Waals surface area contributed by atoms with E-state index >= 15 is 0 Å². The van der Waals surface area contributed by atoms with Gasteiger partial charge in [-0.3, -0.25) is 0 Å². The molecule has 0 fully saturated rings. The summed E-state index contributed by atoms with van der Waals surface area (Å²) >= 11 is 0. The van der Waals surface area contributed by atoms with Crippen molar-refractivity contribution >= 4 is 40.4 Å². The topological polar surface area (TPSA) is 94.5 Å². The van der Waals surface area contributed by atoms with Crippen molar-refractivity contribution in [1.82, 2.24) is 0 Å². The molecule has 0 radical (unpaired) electrons. The average molecular weight is 176 g/mol. The molecule has 0 saturated heterocycles. The third-order valence-corrected chi connectivity index (χ3v) is 0. The van der Waals surface area contributed by atoms with Gasteiger partial charge in [-0.15, -0.1) is 0 Å². The fourth-order valence-electron chi connectivity index (χ4n) is 0. The Morgan fingerprint density at radius 2 is 0.833 bits per heavy atom. The zero-order chi connectivity index (χ0) is 0. The summed E-state index contributed by atoms with van der Waals surface area (Å²) in [4.78, 5) is 0. The van der Waals surface area contributed by atoms with Crippen LogP contribution >= 0.6 is 0 Å². The second-order valence-electron chi connectivity index (χ2n) is 0. The van der Waals surface area contributed by atoms with Crippen LogP contribution < -0.4 is 0 Å². The Labute approximate surface area is 78.8 Å². The Hall–Kier alpha value is 1.80. The fourth-order valence-corrected chi connectivity index (χ4v) is 0. The maximum atomic E-state index is 0. The fraction of sp³-hybridized carbons (Fsp3) is 0. The molecular formula is H11AlMgO3Zn. The first-order valence-electron chi connectivity index (χ1n) is 0. The van der Waals surface area contributed by atoms with E-state index < -0.39 is 0 Å². The van der Waals surface area contributed by atoms with Crippen molar-refractivity contribution in [3.63, 3.8) is 0 Å². The van der Waals surface area contributed by atoms with Crippen LogP contribution in [0.4, 0.5) is 0 Å². The van der Waals surface area contributed by atoms with Gasteiger partial charge in [-0.05, 0) is 0 Å². The zero-order valence-electron chi connectivity index (χ0n) is 4.91. The van der Waals surface area contributed by atoms with Gasteiger partial charge in [0, 0.05) is 19.5 Å². The summed E-state index contributed by atoms with van der Waals surface area (Å²) in [5, 5.41) is 0. The predicted molar refractivity (Wildman–Crippen MR) is 28.8 cm³/mol. The minimum Gasteiger partial charge on any atom is -1.00 e. The van der Waals surface area contributed by atoms with Gasteiger partial charge in [-0.1, -0.05) is 0 Å². The van der Waals surface area contributed by atoms with Gasteiger partial charge in [0.2, 0.25) is 0 Å². The molecular weight excluding hydrogens is 165 g/mol. The van der Waals surface area contributed by atoms with E-state index in [2.05, 4.69) is 0 Å². The van der Waals surface area contributed by atoms with Crippen molar-refractivity contribution in [1.29, 1.82) is 0 Å². The van der Waals surface area contributed by atoms with Crippen molar-refractivity contribution < 1.29 is 38.8 Å². The molecule has 0 aliphatic heterocycles. The molecule has 0 aliphatic carbocycles. The Kier molecular flexibility index (Phi) is 1310. The standard InChI is InChI=1S/Al.Mg.3H2O.Zn.5H/h;;3*1H2;;;;;;/q;+2;;;;;;;;2*-1. The van der Waals surface area contributed by atoms with Crippen molar-refractivity contribution in [2.45, 2.75) is 0 Å². The predicted octanol–water partition coefficient (Wildman–Crippen LogP) is -3.82. The first-order valence-corrected chi connectivity index (χ1v) is 0. The van der Waals surface area contributed by atoms with E-state index in [4.69, 9.17) is 0 Å². The molecule has 0 bridgehead atoms. The summed E-state index contributed by atoms with van der Waals surface area (Å²) in [6.07, 6.45) is 0. The monoisotopic (exact) mass is 174 g/mol. The third kappa shape index (κ3) is 41.2. The Balaban J connectivity index is 0. The van der Waals surface area contributed by atoms with E-state index in [1.54, 1.807) is 0 Å². The second kappa shape index (κ2) is 70.5. The summed E-state index contributed by atoms with van der Waals surface area (Å²) in [7, 11) is 0. The second-order valence-corrected chi connectivity index (χ2v) is 0. The van der Waals surface area contributed by atoms with Crippen molar-refractivity contribution in [2.75, 3.05) is 0 Å². The smallest absolute Gasteiger partial charge is 1.00 e. The van der Waals surface area contributed by atoms with Crippen LogP contribution in [-0.4, -0.2) is 56.8 Å². The molecule has 0 spiro atoms. The van der Waals surface area contributed by atoms with Crippen molar-refractivity contribution in [3.05, 3.63) is 0 Å². The Morgan fingerprint density at radius 3 is 0.833 bits per heavy atom. The zero-order valence-corrected chi connectivity index (χ0v) is 7.30. The van der Waals surface area contributed by atoms with Crippen LogP contribution in [0, 0.1) is 0 Å². The molecule has 0 aromatic rings. The third-order valence-electron chi connectivity index (χ3n) is 0. The molecule has 0 unspecified atom stereocenters. The normalized spacial score (nSPS) is 0. The summed E-state index contributed by atoms with van der Waals surface area (Å²) in [6.45, 7) is 0. The maximum Gasteiger partial charge on any atom is 2.00 e. The van der Waals surface area contributed by atoms with E-state index in [0.717, 1.165) is 0 Å². The van der Waals surface area contributed by atoms with Gasteiger partial charge in [0.1, 0.15) is 0 Å². The molecule has 0 aromatic carbocycles. The first kappa shape index (κ1) is 111. The molecule has 6 N–H and O–H groups in total. The van der Waals surface area contributed by atoms with Gasteiger partial charge in [-0.25, -0.2) is 0 Å². The molecule has 0 aromatic heterocycles. The van der Waals surface area contributed by atoms with Crippen LogP contribution in [0.1, 0.15) is 2.85 Å². The van der Waals surface area contributed by atoms with Gasteiger partial charge in [0.05, 0.1) is 0 Å². The van der Waals surface area contributed by atoms with Gasteiger partial charge in [0.25, 0.3) is 0 Å². The van der Waals surface area contributed by atoms with Crippen molar-refractivity contribution in [2.24, 2.45) is 0 Å². The summed E-state index contributed by atoms with van der Waals surface area (Å²) < 4.78 is 0. The summed E-state index contributed by atoms with van der Waals surface area (Å²) in [5.41, 5.74) is 0. The van der Waals surface area contributed by atoms with Crippen LogP contribution in [0.2, 0.25) is 0 Å². The largest absolute Gasteiger partial charge is 2.00 e. The summed E-state index contributed by atoms with van der Waals surface area (Å²) in [5.74, 6) is 0. The van der Waals surface area contributed by atoms with E-state index in [1.807, 2.05) is 0 Å². The molecule has 0 atom stereocenters. The molecule has 0 heterocycles. The average Bonchev–Trinajstić information content (AvgIpc) is 0. The van der Waals surface area contributed by atoms with Gasteiger partial charge >= 0.3 is 23.1 Å². The molecule has 6 heavy (non-hydrogen) atoms. The maximum absolute atomic E-state index is 0. The molecule has 0 aliphatic rings. The minimum atomic E-state index is 0. The van der Waals surface area contributed by atoms with E-state index in [0.29, 0.717) is 0 Å². The molecule has 0 rings (SSSR count). The molecule has 3 nitrogen and oxygen atoms in total. The summed E-state index contributed by atoms with van der Waals surface area (Å²) in [6, 6.07) is 0. The Morgan fingerprint density at radius 1 is 0.833 bits per heavy atom. The number of rotatable bonds is 0. The van der Waals surface area contributed by atoms with Gasteiger partial charge in [-0.2, -0.15) is 0 Å². The molecule has 0 amide bonds. The molecule has 0 saturated carbocycles. The van der Waals surface area contributed by atoms with Crippen LogP contribution in [0.5, 0.6) is 0 Å². The quantitative estimate of drug-likeness (QED) is 0.338. The van der Waals surface area contributed by atoms with Crippen LogP contribution in [0.25, 0.3) is 0 Å². The van der Waals surface area contributed by atoms with E-state index in [1.165, 1.54) is 0 Å². The first-order chi connectivity index (χ1) is 0. The minimum absolute atomic E-state index is 0.